The zero-order valence-electron chi connectivity index (χ0n) is 18.4. The number of nitrogens with one attached hydrogen (secondary N) is 1. The molecular formula is C26H28N2O4. The highest BCUT2D eigenvalue weighted by atomic mass is 16.5. The van der Waals surface area contributed by atoms with Gasteiger partial charge in [0.25, 0.3) is 5.91 Å². The molecule has 1 atom stereocenters. The van der Waals surface area contributed by atoms with Crippen LogP contribution < -0.4 is 14.8 Å². The fraction of sp³-hybridized carbons (Fsp3) is 0.269. The second-order valence-electron chi connectivity index (χ2n) is 7.58. The molecule has 1 amide bonds. The van der Waals surface area contributed by atoms with Crippen LogP contribution in [-0.2, 0) is 11.2 Å². The van der Waals surface area contributed by atoms with Gasteiger partial charge in [0, 0.05) is 19.3 Å². The largest absolute Gasteiger partial charge is 0.493 e. The van der Waals surface area contributed by atoms with Gasteiger partial charge in [-0.1, -0.05) is 48.5 Å². The highest BCUT2D eigenvalue weighted by molar-refractivity contribution is 6.01. The van der Waals surface area contributed by atoms with Gasteiger partial charge in [-0.05, 0) is 41.8 Å². The lowest BCUT2D eigenvalue weighted by molar-refractivity contribution is 0.0685. The number of hydrogen-bond acceptors (Lipinski definition) is 5. The molecular weight excluding hydrogens is 404 g/mol. The first-order chi connectivity index (χ1) is 15.7. The maximum absolute atomic E-state index is 13.4. The molecule has 1 aliphatic rings. The molecule has 0 radical (unpaired) electrons. The zero-order valence-corrected chi connectivity index (χ0v) is 18.4. The van der Waals surface area contributed by atoms with E-state index in [1.54, 1.807) is 14.2 Å². The van der Waals surface area contributed by atoms with Gasteiger partial charge in [-0.15, -0.1) is 0 Å². The smallest absolute Gasteiger partial charge is 0.257 e. The predicted molar refractivity (Wildman–Crippen MR) is 124 cm³/mol. The Morgan fingerprint density at radius 2 is 1.69 bits per heavy atom. The molecule has 0 aliphatic carbocycles. The SMILES string of the molecule is COCCOc1ccc(C2Nc3ccccc3C(=O)N2CCc2ccccc2)cc1OC. The lowest BCUT2D eigenvalue weighted by Crippen LogP contribution is -2.44. The fourth-order valence-corrected chi connectivity index (χ4v) is 3.89. The molecule has 0 aromatic heterocycles. The summed E-state index contributed by atoms with van der Waals surface area (Å²) in [5, 5.41) is 3.54. The second kappa shape index (κ2) is 10.2. The number of hydrogen-bond donors (Lipinski definition) is 1. The first-order valence-corrected chi connectivity index (χ1v) is 10.7. The summed E-state index contributed by atoms with van der Waals surface area (Å²) in [4.78, 5) is 15.3. The minimum atomic E-state index is -0.317. The van der Waals surface area contributed by atoms with Gasteiger partial charge >= 0.3 is 0 Å². The first kappa shape index (κ1) is 21.7. The van der Waals surface area contributed by atoms with Gasteiger partial charge in [0.15, 0.2) is 11.5 Å². The summed E-state index contributed by atoms with van der Waals surface area (Å²) >= 11 is 0. The third kappa shape index (κ3) is 4.70. The maximum atomic E-state index is 13.4. The number of amides is 1. The van der Waals surface area contributed by atoms with Gasteiger partial charge in [-0.3, -0.25) is 4.79 Å². The van der Waals surface area contributed by atoms with E-state index in [0.717, 1.165) is 17.7 Å². The van der Waals surface area contributed by atoms with E-state index in [9.17, 15) is 4.79 Å². The Bertz CT molecular complexity index is 1050. The molecule has 3 aromatic carbocycles. The van der Waals surface area contributed by atoms with Crippen molar-refractivity contribution in [2.45, 2.75) is 12.6 Å². The number of ether oxygens (including phenoxy) is 3. The van der Waals surface area contributed by atoms with Crippen LogP contribution >= 0.6 is 0 Å². The van der Waals surface area contributed by atoms with Crippen LogP contribution in [0.5, 0.6) is 11.5 Å². The van der Waals surface area contributed by atoms with Crippen molar-refractivity contribution in [3.8, 4) is 11.5 Å². The molecule has 0 saturated carbocycles. The van der Waals surface area contributed by atoms with Crippen LogP contribution in [0.15, 0.2) is 72.8 Å². The summed E-state index contributed by atoms with van der Waals surface area (Å²) in [5.74, 6) is 1.28. The van der Waals surface area contributed by atoms with E-state index in [2.05, 4.69) is 17.4 Å². The van der Waals surface area contributed by atoms with Gasteiger partial charge in [0.1, 0.15) is 12.8 Å². The molecule has 4 rings (SSSR count). The minimum Gasteiger partial charge on any atom is -0.493 e. The van der Waals surface area contributed by atoms with Crippen LogP contribution in [0.4, 0.5) is 5.69 Å². The van der Waals surface area contributed by atoms with Crippen LogP contribution in [0.25, 0.3) is 0 Å². The summed E-state index contributed by atoms with van der Waals surface area (Å²) in [6.07, 6.45) is 0.450. The molecule has 1 N–H and O–H groups in total. The Labute approximate surface area is 188 Å². The van der Waals surface area contributed by atoms with E-state index in [-0.39, 0.29) is 12.1 Å². The van der Waals surface area contributed by atoms with Crippen LogP contribution in [-0.4, -0.2) is 44.8 Å². The van der Waals surface area contributed by atoms with Crippen molar-refractivity contribution in [3.63, 3.8) is 0 Å². The molecule has 1 unspecified atom stereocenters. The van der Waals surface area contributed by atoms with E-state index in [4.69, 9.17) is 14.2 Å². The van der Waals surface area contributed by atoms with Crippen molar-refractivity contribution in [3.05, 3.63) is 89.5 Å². The van der Waals surface area contributed by atoms with E-state index >= 15 is 0 Å². The highest BCUT2D eigenvalue weighted by Gasteiger charge is 2.33. The van der Waals surface area contributed by atoms with Crippen molar-refractivity contribution in [1.82, 2.24) is 4.90 Å². The molecule has 3 aromatic rings. The van der Waals surface area contributed by atoms with Crippen molar-refractivity contribution >= 4 is 11.6 Å². The number of fused-ring (bicyclic) bond motifs is 1. The predicted octanol–water partition coefficient (Wildman–Crippen LogP) is 4.53. The molecule has 0 saturated heterocycles. The van der Waals surface area contributed by atoms with Crippen molar-refractivity contribution in [2.24, 2.45) is 0 Å². The average Bonchev–Trinajstić information content (AvgIpc) is 2.84. The summed E-state index contributed by atoms with van der Waals surface area (Å²) in [5.41, 5.74) is 3.63. The number of para-hydroxylation sites is 1. The van der Waals surface area contributed by atoms with E-state index < -0.39 is 0 Å². The number of carbonyl (C=O) groups excluding carboxylic acids is 1. The summed E-state index contributed by atoms with van der Waals surface area (Å²) in [6, 6.07) is 23.6. The highest BCUT2D eigenvalue weighted by Crippen LogP contribution is 2.37. The van der Waals surface area contributed by atoms with Crippen molar-refractivity contribution in [2.75, 3.05) is 39.3 Å². The minimum absolute atomic E-state index is 0.0136. The van der Waals surface area contributed by atoms with E-state index in [0.29, 0.717) is 36.8 Å². The van der Waals surface area contributed by atoms with E-state index in [1.165, 1.54) is 5.56 Å². The molecule has 6 heteroatoms. The topological polar surface area (TPSA) is 60.0 Å². The second-order valence-corrected chi connectivity index (χ2v) is 7.58. The first-order valence-electron chi connectivity index (χ1n) is 10.7. The van der Waals surface area contributed by atoms with Crippen molar-refractivity contribution in [1.29, 1.82) is 0 Å². The third-order valence-corrected chi connectivity index (χ3v) is 5.55. The number of methoxy groups -OCH3 is 2. The summed E-state index contributed by atoms with van der Waals surface area (Å²) < 4.78 is 16.4. The van der Waals surface area contributed by atoms with Gasteiger partial charge in [0.2, 0.25) is 0 Å². The Balaban J connectivity index is 1.63. The van der Waals surface area contributed by atoms with Crippen LogP contribution in [0, 0.1) is 0 Å². The molecule has 32 heavy (non-hydrogen) atoms. The van der Waals surface area contributed by atoms with Gasteiger partial charge in [-0.2, -0.15) is 0 Å². The molecule has 166 valence electrons. The summed E-state index contributed by atoms with van der Waals surface area (Å²) in [6.45, 7) is 1.51. The standard InChI is InChI=1S/C26H28N2O4/c1-30-16-17-32-23-13-12-20(18-24(23)31-2)25-27-22-11-7-6-10-21(22)26(29)28(25)15-14-19-8-4-3-5-9-19/h3-13,18,25,27H,14-17H2,1-2H3. The van der Waals surface area contributed by atoms with Crippen LogP contribution in [0.2, 0.25) is 0 Å². The molecule has 1 aliphatic heterocycles. The third-order valence-electron chi connectivity index (χ3n) is 5.55. The van der Waals surface area contributed by atoms with Gasteiger partial charge in [0.05, 0.1) is 19.3 Å². The number of nitrogens with zero attached hydrogens (tertiary/aromatic N) is 1. The lowest BCUT2D eigenvalue weighted by atomic mass is 10.0. The quantitative estimate of drug-likeness (QED) is 0.504. The molecule has 1 heterocycles. The van der Waals surface area contributed by atoms with Crippen LogP contribution in [0.3, 0.4) is 0 Å². The Kier molecular flexibility index (Phi) is 6.92. The normalized spacial score (nSPS) is 15.1. The average molecular weight is 433 g/mol. The van der Waals surface area contributed by atoms with Gasteiger partial charge < -0.3 is 24.4 Å². The number of rotatable bonds is 9. The Morgan fingerprint density at radius 1 is 0.906 bits per heavy atom. The lowest BCUT2D eigenvalue weighted by Gasteiger charge is -2.38. The summed E-state index contributed by atoms with van der Waals surface area (Å²) in [7, 11) is 3.25. The maximum Gasteiger partial charge on any atom is 0.257 e. The molecule has 0 bridgehead atoms. The number of carbonyl (C=O) groups is 1. The Hall–Kier alpha value is -3.51. The fourth-order valence-electron chi connectivity index (χ4n) is 3.89. The van der Waals surface area contributed by atoms with E-state index in [1.807, 2.05) is 65.6 Å². The van der Waals surface area contributed by atoms with Crippen LogP contribution in [0.1, 0.15) is 27.7 Å². The Morgan fingerprint density at radius 3 is 2.47 bits per heavy atom. The molecule has 6 nitrogen and oxygen atoms in total. The number of anilines is 1. The van der Waals surface area contributed by atoms with Gasteiger partial charge in [-0.25, -0.2) is 0 Å². The van der Waals surface area contributed by atoms with Crippen molar-refractivity contribution < 1.29 is 19.0 Å². The monoisotopic (exact) mass is 432 g/mol. The molecule has 0 fully saturated rings. The zero-order chi connectivity index (χ0) is 22.3. The molecule has 0 spiro atoms. The number of benzene rings is 3.